The van der Waals surface area contributed by atoms with E-state index in [-0.39, 0.29) is 5.91 Å². The molecule has 0 saturated heterocycles. The third kappa shape index (κ3) is 2.65. The summed E-state index contributed by atoms with van der Waals surface area (Å²) in [6, 6.07) is 11.0. The first kappa shape index (κ1) is 12.7. The van der Waals surface area contributed by atoms with Crippen LogP contribution in [0.4, 0.5) is 0 Å². The highest BCUT2D eigenvalue weighted by Crippen LogP contribution is 2.20. The first-order valence-corrected chi connectivity index (χ1v) is 6.67. The molecule has 1 amide bonds. The van der Waals surface area contributed by atoms with Gasteiger partial charge in [0.2, 0.25) is 0 Å². The predicted octanol–water partition coefficient (Wildman–Crippen LogP) is 3.29. The van der Waals surface area contributed by atoms with Gasteiger partial charge < -0.3 is 9.40 Å². The van der Waals surface area contributed by atoms with Gasteiger partial charge in [-0.25, -0.2) is 5.43 Å². The van der Waals surface area contributed by atoms with Crippen molar-refractivity contribution in [2.75, 3.05) is 0 Å². The summed E-state index contributed by atoms with van der Waals surface area (Å²) in [7, 11) is 0. The Morgan fingerprint density at radius 2 is 2.25 bits per heavy atom. The predicted molar refractivity (Wildman–Crippen MR) is 79.8 cm³/mol. The number of nitrogens with one attached hydrogen (secondary N) is 2. The average Bonchev–Trinajstić information content (AvgIpc) is 3.06. The number of amides is 1. The molecule has 0 aliphatic heterocycles. The topological polar surface area (TPSA) is 70.4 Å². The Hall–Kier alpha value is -2.34. The molecule has 2 aromatic heterocycles. The minimum absolute atomic E-state index is 0.305. The van der Waals surface area contributed by atoms with E-state index in [0.29, 0.717) is 11.5 Å². The van der Waals surface area contributed by atoms with Gasteiger partial charge in [-0.1, -0.05) is 15.9 Å². The first-order chi connectivity index (χ1) is 9.72. The lowest BCUT2D eigenvalue weighted by atomic mass is 10.2. The second-order valence-corrected chi connectivity index (χ2v) is 5.04. The normalized spacial score (nSPS) is 11.2. The molecule has 0 atom stereocenters. The molecule has 0 spiro atoms. The zero-order valence-electron chi connectivity index (χ0n) is 10.3. The van der Waals surface area contributed by atoms with Crippen molar-refractivity contribution in [2.24, 2.45) is 5.10 Å². The Bertz CT molecular complexity index is 775. The molecule has 0 saturated carbocycles. The summed E-state index contributed by atoms with van der Waals surface area (Å²) < 4.78 is 6.03. The van der Waals surface area contributed by atoms with Crippen LogP contribution in [0.2, 0.25) is 0 Å². The summed E-state index contributed by atoms with van der Waals surface area (Å²) in [5.41, 5.74) is 3.79. The number of furan rings is 1. The molecule has 0 radical (unpaired) electrons. The lowest BCUT2D eigenvalue weighted by Crippen LogP contribution is -2.17. The van der Waals surface area contributed by atoms with Crippen molar-refractivity contribution in [3.05, 3.63) is 58.6 Å². The molecule has 5 nitrogen and oxygen atoms in total. The number of benzene rings is 1. The number of aromatic nitrogens is 1. The van der Waals surface area contributed by atoms with Gasteiger partial charge in [-0.3, -0.25) is 4.79 Å². The van der Waals surface area contributed by atoms with Crippen LogP contribution < -0.4 is 5.43 Å². The molecule has 0 unspecified atom stereocenters. The maximum Gasteiger partial charge on any atom is 0.287 e. The van der Waals surface area contributed by atoms with Crippen LogP contribution in [0.15, 0.2) is 56.7 Å². The number of hydrogen-bond acceptors (Lipinski definition) is 3. The van der Waals surface area contributed by atoms with Crippen LogP contribution in [-0.4, -0.2) is 17.1 Å². The highest BCUT2D eigenvalue weighted by molar-refractivity contribution is 9.10. The number of H-pyrrole nitrogens is 1. The van der Waals surface area contributed by atoms with E-state index in [0.717, 1.165) is 15.4 Å². The number of hydrogen-bond donors (Lipinski definition) is 2. The number of halogens is 1. The van der Waals surface area contributed by atoms with Crippen molar-refractivity contribution >= 4 is 39.0 Å². The van der Waals surface area contributed by atoms with Crippen molar-refractivity contribution in [1.29, 1.82) is 0 Å². The lowest BCUT2D eigenvalue weighted by Gasteiger charge is -1.94. The monoisotopic (exact) mass is 331 g/mol. The van der Waals surface area contributed by atoms with E-state index in [1.54, 1.807) is 24.5 Å². The lowest BCUT2D eigenvalue weighted by molar-refractivity contribution is 0.0951. The van der Waals surface area contributed by atoms with E-state index < -0.39 is 0 Å². The van der Waals surface area contributed by atoms with Gasteiger partial charge in [-0.05, 0) is 36.4 Å². The van der Waals surface area contributed by atoms with Gasteiger partial charge in [0.15, 0.2) is 0 Å². The molecule has 3 aromatic rings. The zero-order chi connectivity index (χ0) is 13.9. The summed E-state index contributed by atoms with van der Waals surface area (Å²) in [6.07, 6.45) is 2.98. The number of aromatic amines is 1. The van der Waals surface area contributed by atoms with Crippen LogP contribution in [0.3, 0.4) is 0 Å². The summed E-state index contributed by atoms with van der Waals surface area (Å²) in [5, 5.41) is 4.79. The van der Waals surface area contributed by atoms with Gasteiger partial charge in [-0.2, -0.15) is 5.10 Å². The molecule has 2 heterocycles. The first-order valence-electron chi connectivity index (χ1n) is 5.87. The molecule has 2 N–H and O–H groups in total. The third-order valence-corrected chi connectivity index (χ3v) is 3.22. The Morgan fingerprint density at radius 1 is 1.35 bits per heavy atom. The Morgan fingerprint density at radius 3 is 3.05 bits per heavy atom. The van der Waals surface area contributed by atoms with Gasteiger partial charge in [0.25, 0.3) is 5.91 Å². The van der Waals surface area contributed by atoms with Crippen LogP contribution >= 0.6 is 15.9 Å². The molecule has 0 fully saturated rings. The number of hydrazone groups is 1. The number of carbonyl (C=O) groups excluding carboxylic acids is 1. The van der Waals surface area contributed by atoms with Crippen LogP contribution in [0, 0.1) is 0 Å². The minimum Gasteiger partial charge on any atom is -0.463 e. The Labute approximate surface area is 122 Å². The molecular formula is C14H10BrN3O2. The molecule has 0 aliphatic carbocycles. The van der Waals surface area contributed by atoms with Crippen molar-refractivity contribution < 1.29 is 9.21 Å². The van der Waals surface area contributed by atoms with E-state index >= 15 is 0 Å². The van der Waals surface area contributed by atoms with Crippen molar-refractivity contribution in [3.8, 4) is 0 Å². The summed E-state index contributed by atoms with van der Waals surface area (Å²) in [6.45, 7) is 0. The summed E-state index contributed by atoms with van der Waals surface area (Å²) in [4.78, 5) is 15.0. The van der Waals surface area contributed by atoms with Crippen molar-refractivity contribution in [3.63, 3.8) is 0 Å². The number of rotatable bonds is 3. The summed E-state index contributed by atoms with van der Waals surface area (Å²) in [5.74, 6) is 0.269. The molecular weight excluding hydrogens is 322 g/mol. The summed E-state index contributed by atoms with van der Waals surface area (Å²) >= 11 is 3.39. The van der Waals surface area contributed by atoms with Crippen LogP contribution in [0.5, 0.6) is 0 Å². The SMILES string of the molecule is O=C(N/N=C/c1ccco1)c1cc2cc(Br)ccc2[nH]1. The zero-order valence-corrected chi connectivity index (χ0v) is 11.8. The quantitative estimate of drug-likeness (QED) is 0.571. The molecule has 6 heteroatoms. The molecule has 20 heavy (non-hydrogen) atoms. The highest BCUT2D eigenvalue weighted by atomic mass is 79.9. The van der Waals surface area contributed by atoms with Crippen molar-refractivity contribution in [1.82, 2.24) is 10.4 Å². The largest absolute Gasteiger partial charge is 0.463 e. The fraction of sp³-hybridized carbons (Fsp3) is 0. The minimum atomic E-state index is -0.305. The van der Waals surface area contributed by atoms with Gasteiger partial charge in [0, 0.05) is 15.4 Å². The van der Waals surface area contributed by atoms with E-state index in [1.165, 1.54) is 6.21 Å². The van der Waals surface area contributed by atoms with E-state index in [1.807, 2.05) is 18.2 Å². The van der Waals surface area contributed by atoms with Crippen LogP contribution in [-0.2, 0) is 0 Å². The molecule has 1 aromatic carbocycles. The number of nitrogens with zero attached hydrogens (tertiary/aromatic N) is 1. The van der Waals surface area contributed by atoms with Gasteiger partial charge in [0.05, 0.1) is 12.5 Å². The fourth-order valence-corrected chi connectivity index (χ4v) is 2.18. The molecule has 3 rings (SSSR count). The Kier molecular flexibility index (Phi) is 3.39. The molecule has 100 valence electrons. The molecule has 0 bridgehead atoms. The maximum atomic E-state index is 11.9. The van der Waals surface area contributed by atoms with Crippen molar-refractivity contribution in [2.45, 2.75) is 0 Å². The van der Waals surface area contributed by atoms with Gasteiger partial charge >= 0.3 is 0 Å². The Balaban J connectivity index is 1.75. The smallest absolute Gasteiger partial charge is 0.287 e. The molecule has 0 aliphatic rings. The van der Waals surface area contributed by atoms with E-state index in [9.17, 15) is 4.79 Å². The van der Waals surface area contributed by atoms with Gasteiger partial charge in [0.1, 0.15) is 11.5 Å². The van der Waals surface area contributed by atoms with E-state index in [2.05, 4.69) is 31.4 Å². The van der Waals surface area contributed by atoms with Crippen LogP contribution in [0.25, 0.3) is 10.9 Å². The second-order valence-electron chi connectivity index (χ2n) is 4.13. The number of carbonyl (C=O) groups is 1. The maximum absolute atomic E-state index is 11.9. The van der Waals surface area contributed by atoms with Crippen LogP contribution in [0.1, 0.15) is 16.2 Å². The van der Waals surface area contributed by atoms with E-state index in [4.69, 9.17) is 4.42 Å². The fourth-order valence-electron chi connectivity index (χ4n) is 1.81. The van der Waals surface area contributed by atoms with Gasteiger partial charge in [-0.15, -0.1) is 0 Å². The second kappa shape index (κ2) is 5.34. The third-order valence-electron chi connectivity index (χ3n) is 2.73. The standard InChI is InChI=1S/C14H10BrN3O2/c15-10-3-4-12-9(6-10)7-13(17-12)14(19)18-16-8-11-2-1-5-20-11/h1-8,17H,(H,18,19)/b16-8+. The average molecular weight is 332 g/mol. The highest BCUT2D eigenvalue weighted by Gasteiger charge is 2.08. The number of fused-ring (bicyclic) bond motifs is 1.